The van der Waals surface area contributed by atoms with Crippen molar-refractivity contribution in [3.05, 3.63) is 0 Å². The van der Waals surface area contributed by atoms with Gasteiger partial charge in [-0.3, -0.25) is 0 Å². The second-order valence-electron chi connectivity index (χ2n) is 5.35. The molecule has 80 valence electrons. The molecule has 0 aromatic heterocycles. The third-order valence-electron chi connectivity index (χ3n) is 3.08. The predicted octanol–water partition coefficient (Wildman–Crippen LogP) is 2.16. The lowest BCUT2D eigenvalue weighted by atomic mass is 9.67. The predicted molar refractivity (Wildman–Crippen MR) is 57.5 cm³/mol. The summed E-state index contributed by atoms with van der Waals surface area (Å²) in [5, 5.41) is 9.02. The van der Waals surface area contributed by atoms with Crippen LogP contribution in [0, 0.1) is 11.3 Å². The number of nitrogens with two attached hydrogens (primary N) is 1. The molecule has 0 saturated heterocycles. The van der Waals surface area contributed by atoms with E-state index in [9.17, 15) is 0 Å². The summed E-state index contributed by atoms with van der Waals surface area (Å²) < 4.78 is 0. The van der Waals surface area contributed by atoms with Crippen LogP contribution >= 0.6 is 0 Å². The van der Waals surface area contributed by atoms with Crippen molar-refractivity contribution in [2.24, 2.45) is 17.1 Å². The van der Waals surface area contributed by atoms with Crippen LogP contribution in [-0.2, 0) is 0 Å². The van der Waals surface area contributed by atoms with Gasteiger partial charge in [0.05, 0.1) is 0 Å². The van der Waals surface area contributed by atoms with Gasteiger partial charge in [-0.15, -0.1) is 0 Å². The average molecular weight is 187 g/mol. The molecule has 0 bridgehead atoms. The van der Waals surface area contributed by atoms with Crippen LogP contribution in [0.1, 0.15) is 47.5 Å². The summed E-state index contributed by atoms with van der Waals surface area (Å²) in [5.74, 6) is 0.624. The van der Waals surface area contributed by atoms with Crippen molar-refractivity contribution in [2.45, 2.75) is 53.0 Å². The van der Waals surface area contributed by atoms with E-state index >= 15 is 0 Å². The van der Waals surface area contributed by atoms with E-state index in [-0.39, 0.29) is 17.6 Å². The number of hydrogen-bond acceptors (Lipinski definition) is 2. The SMILES string of the molecule is CC(C)CC(C)(CCO)C(C)(C)N. The average Bonchev–Trinajstić information content (AvgIpc) is 1.82. The van der Waals surface area contributed by atoms with Crippen molar-refractivity contribution in [3.8, 4) is 0 Å². The Balaban J connectivity index is 4.53. The Labute approximate surface area is 82.5 Å². The molecular formula is C11H25NO. The molecule has 0 heterocycles. The zero-order valence-electron chi connectivity index (χ0n) is 9.72. The van der Waals surface area contributed by atoms with Gasteiger partial charge in [-0.2, -0.15) is 0 Å². The van der Waals surface area contributed by atoms with Crippen molar-refractivity contribution < 1.29 is 5.11 Å². The van der Waals surface area contributed by atoms with Gasteiger partial charge < -0.3 is 10.8 Å². The van der Waals surface area contributed by atoms with Crippen LogP contribution in [0.3, 0.4) is 0 Å². The first-order chi connectivity index (χ1) is 5.73. The number of aliphatic hydroxyl groups excluding tert-OH is 1. The fourth-order valence-corrected chi connectivity index (χ4v) is 1.84. The highest BCUT2D eigenvalue weighted by Crippen LogP contribution is 2.38. The zero-order chi connectivity index (χ0) is 10.7. The second kappa shape index (κ2) is 4.43. The first kappa shape index (κ1) is 12.9. The molecule has 0 rings (SSSR count). The Hall–Kier alpha value is -0.0800. The van der Waals surface area contributed by atoms with E-state index in [2.05, 4.69) is 20.8 Å². The molecule has 0 aliphatic heterocycles. The Kier molecular flexibility index (Phi) is 4.40. The number of hydrogen-bond donors (Lipinski definition) is 2. The molecule has 0 aromatic carbocycles. The molecule has 0 fully saturated rings. The van der Waals surface area contributed by atoms with Crippen LogP contribution in [0.25, 0.3) is 0 Å². The molecule has 2 heteroatoms. The maximum atomic E-state index is 9.02. The summed E-state index contributed by atoms with van der Waals surface area (Å²) in [6, 6.07) is 0. The van der Waals surface area contributed by atoms with Crippen molar-refractivity contribution in [3.63, 3.8) is 0 Å². The van der Waals surface area contributed by atoms with Gasteiger partial charge >= 0.3 is 0 Å². The fourth-order valence-electron chi connectivity index (χ4n) is 1.84. The van der Waals surface area contributed by atoms with Crippen molar-refractivity contribution in [1.29, 1.82) is 0 Å². The Morgan fingerprint density at radius 3 is 1.92 bits per heavy atom. The van der Waals surface area contributed by atoms with E-state index in [0.717, 1.165) is 12.8 Å². The summed E-state index contributed by atoms with van der Waals surface area (Å²) in [4.78, 5) is 0. The molecular weight excluding hydrogens is 162 g/mol. The van der Waals surface area contributed by atoms with Crippen molar-refractivity contribution >= 4 is 0 Å². The van der Waals surface area contributed by atoms with Crippen LogP contribution in [0.2, 0.25) is 0 Å². The van der Waals surface area contributed by atoms with E-state index in [1.54, 1.807) is 0 Å². The molecule has 0 amide bonds. The molecule has 1 atom stereocenters. The molecule has 1 unspecified atom stereocenters. The zero-order valence-corrected chi connectivity index (χ0v) is 9.72. The Morgan fingerprint density at radius 2 is 1.69 bits per heavy atom. The lowest BCUT2D eigenvalue weighted by Gasteiger charge is -2.43. The summed E-state index contributed by atoms with van der Waals surface area (Å²) in [5.41, 5.74) is 5.95. The minimum atomic E-state index is -0.222. The quantitative estimate of drug-likeness (QED) is 0.693. The lowest BCUT2D eigenvalue weighted by Crippen LogP contribution is -2.50. The monoisotopic (exact) mass is 187 g/mol. The maximum Gasteiger partial charge on any atom is 0.0436 e. The largest absolute Gasteiger partial charge is 0.396 e. The van der Waals surface area contributed by atoms with Crippen molar-refractivity contribution in [2.75, 3.05) is 6.61 Å². The molecule has 0 aliphatic rings. The number of aliphatic hydroxyl groups is 1. The van der Waals surface area contributed by atoms with E-state index in [0.29, 0.717) is 5.92 Å². The Morgan fingerprint density at radius 1 is 1.23 bits per heavy atom. The highest BCUT2D eigenvalue weighted by Gasteiger charge is 2.37. The van der Waals surface area contributed by atoms with Gasteiger partial charge in [0.25, 0.3) is 0 Å². The molecule has 0 aromatic rings. The summed E-state index contributed by atoms with van der Waals surface area (Å²) in [6.07, 6.45) is 1.85. The van der Waals surface area contributed by atoms with E-state index in [4.69, 9.17) is 10.8 Å². The third-order valence-corrected chi connectivity index (χ3v) is 3.08. The van der Waals surface area contributed by atoms with Gasteiger partial charge in [-0.05, 0) is 38.0 Å². The first-order valence-corrected chi connectivity index (χ1v) is 5.12. The van der Waals surface area contributed by atoms with Gasteiger partial charge in [0, 0.05) is 12.1 Å². The van der Waals surface area contributed by atoms with Crippen LogP contribution in [-0.4, -0.2) is 17.3 Å². The van der Waals surface area contributed by atoms with Gasteiger partial charge in [0.15, 0.2) is 0 Å². The van der Waals surface area contributed by atoms with Gasteiger partial charge in [0.1, 0.15) is 0 Å². The van der Waals surface area contributed by atoms with E-state index in [1.807, 2.05) is 13.8 Å². The highest BCUT2D eigenvalue weighted by molar-refractivity contribution is 4.93. The summed E-state index contributed by atoms with van der Waals surface area (Å²) >= 11 is 0. The minimum Gasteiger partial charge on any atom is -0.396 e. The molecule has 0 saturated carbocycles. The van der Waals surface area contributed by atoms with E-state index < -0.39 is 0 Å². The normalized spacial score (nSPS) is 17.5. The highest BCUT2D eigenvalue weighted by atomic mass is 16.3. The van der Waals surface area contributed by atoms with Crippen LogP contribution < -0.4 is 5.73 Å². The topological polar surface area (TPSA) is 46.2 Å². The molecule has 0 radical (unpaired) electrons. The number of rotatable bonds is 5. The molecule has 13 heavy (non-hydrogen) atoms. The van der Waals surface area contributed by atoms with Crippen LogP contribution in [0.15, 0.2) is 0 Å². The molecule has 2 nitrogen and oxygen atoms in total. The van der Waals surface area contributed by atoms with Crippen LogP contribution in [0.4, 0.5) is 0 Å². The summed E-state index contributed by atoms with van der Waals surface area (Å²) in [7, 11) is 0. The van der Waals surface area contributed by atoms with Gasteiger partial charge in [-0.1, -0.05) is 20.8 Å². The molecule has 3 N–H and O–H groups in total. The minimum absolute atomic E-state index is 0.0376. The summed E-state index contributed by atoms with van der Waals surface area (Å²) in [6.45, 7) is 10.9. The fraction of sp³-hybridized carbons (Fsp3) is 1.00. The smallest absolute Gasteiger partial charge is 0.0436 e. The molecule has 0 aliphatic carbocycles. The lowest BCUT2D eigenvalue weighted by molar-refractivity contribution is 0.0941. The first-order valence-electron chi connectivity index (χ1n) is 5.12. The molecule has 0 spiro atoms. The standard InChI is InChI=1S/C11H25NO/c1-9(2)8-11(5,6-7-13)10(3,4)12/h9,13H,6-8,12H2,1-5H3. The second-order valence-corrected chi connectivity index (χ2v) is 5.35. The third kappa shape index (κ3) is 3.65. The Bertz CT molecular complexity index is 149. The maximum absolute atomic E-state index is 9.02. The van der Waals surface area contributed by atoms with Gasteiger partial charge in [0.2, 0.25) is 0 Å². The van der Waals surface area contributed by atoms with Crippen molar-refractivity contribution in [1.82, 2.24) is 0 Å². The van der Waals surface area contributed by atoms with Crippen LogP contribution in [0.5, 0.6) is 0 Å². The van der Waals surface area contributed by atoms with E-state index in [1.165, 1.54) is 0 Å². The van der Waals surface area contributed by atoms with Gasteiger partial charge in [-0.25, -0.2) is 0 Å².